The maximum atomic E-state index is 13.2. The van der Waals surface area contributed by atoms with Crippen molar-refractivity contribution in [3.8, 4) is 0 Å². The first-order chi connectivity index (χ1) is 8.61. The fraction of sp³-hybridized carbons (Fsp3) is 0.231. The van der Waals surface area contributed by atoms with Crippen molar-refractivity contribution in [3.05, 3.63) is 54.8 Å². The van der Waals surface area contributed by atoms with E-state index >= 15 is 0 Å². The van der Waals surface area contributed by atoms with Gasteiger partial charge in [-0.15, -0.1) is 11.3 Å². The molecular formula is C13H12Br2FNS. The van der Waals surface area contributed by atoms with E-state index in [1.54, 1.807) is 11.3 Å². The van der Waals surface area contributed by atoms with E-state index in [2.05, 4.69) is 42.6 Å². The molecular weight excluding hydrogens is 381 g/mol. The Morgan fingerprint density at radius 1 is 1.28 bits per heavy atom. The second kappa shape index (κ2) is 6.28. The molecule has 1 aromatic heterocycles. The number of halogens is 3. The topological polar surface area (TPSA) is 12.0 Å². The van der Waals surface area contributed by atoms with E-state index in [0.29, 0.717) is 4.47 Å². The SMILES string of the molecule is CNC(Cc1sccc1Br)c1ccc(F)c(Br)c1. The van der Waals surface area contributed by atoms with Crippen molar-refractivity contribution < 1.29 is 4.39 Å². The second-order valence-electron chi connectivity index (χ2n) is 3.91. The van der Waals surface area contributed by atoms with E-state index in [-0.39, 0.29) is 11.9 Å². The zero-order chi connectivity index (χ0) is 13.1. The van der Waals surface area contributed by atoms with Crippen LogP contribution in [0.3, 0.4) is 0 Å². The first-order valence-electron chi connectivity index (χ1n) is 5.46. The summed E-state index contributed by atoms with van der Waals surface area (Å²) in [6.07, 6.45) is 0.882. The largest absolute Gasteiger partial charge is 0.313 e. The molecule has 0 bridgehead atoms. The van der Waals surface area contributed by atoms with Crippen LogP contribution in [0, 0.1) is 5.82 Å². The minimum absolute atomic E-state index is 0.178. The minimum atomic E-state index is -0.231. The molecule has 18 heavy (non-hydrogen) atoms. The number of benzene rings is 1. The fourth-order valence-corrected chi connectivity index (χ4v) is 3.73. The molecule has 1 aromatic carbocycles. The van der Waals surface area contributed by atoms with Crippen LogP contribution < -0.4 is 5.32 Å². The average Bonchev–Trinajstić information content (AvgIpc) is 2.75. The monoisotopic (exact) mass is 391 g/mol. The number of nitrogens with one attached hydrogen (secondary N) is 1. The van der Waals surface area contributed by atoms with Gasteiger partial charge in [-0.25, -0.2) is 4.39 Å². The Kier molecular flexibility index (Phi) is 4.95. The Labute approximate surface area is 127 Å². The second-order valence-corrected chi connectivity index (χ2v) is 6.62. The molecule has 0 saturated heterocycles. The van der Waals surface area contributed by atoms with Crippen molar-refractivity contribution in [2.45, 2.75) is 12.5 Å². The Bertz CT molecular complexity index is 542. The Morgan fingerprint density at radius 2 is 2.06 bits per heavy atom. The summed E-state index contributed by atoms with van der Waals surface area (Å²) in [5.41, 5.74) is 1.08. The molecule has 0 aliphatic heterocycles. The van der Waals surface area contributed by atoms with Gasteiger partial charge in [-0.1, -0.05) is 6.07 Å². The highest BCUT2D eigenvalue weighted by molar-refractivity contribution is 9.10. The van der Waals surface area contributed by atoms with Gasteiger partial charge in [0.05, 0.1) is 4.47 Å². The van der Waals surface area contributed by atoms with E-state index in [0.717, 1.165) is 16.5 Å². The van der Waals surface area contributed by atoms with Crippen LogP contribution in [0.25, 0.3) is 0 Å². The maximum Gasteiger partial charge on any atom is 0.137 e. The lowest BCUT2D eigenvalue weighted by atomic mass is 10.0. The predicted octanol–water partition coefficient (Wildman–Crippen LogP) is 4.92. The summed E-state index contributed by atoms with van der Waals surface area (Å²) in [5.74, 6) is -0.231. The van der Waals surface area contributed by atoms with Gasteiger partial charge in [0.15, 0.2) is 0 Å². The van der Waals surface area contributed by atoms with Crippen LogP contribution in [-0.4, -0.2) is 7.05 Å². The summed E-state index contributed by atoms with van der Waals surface area (Å²) in [5, 5.41) is 5.34. The zero-order valence-corrected chi connectivity index (χ0v) is 13.7. The van der Waals surface area contributed by atoms with Crippen molar-refractivity contribution >= 4 is 43.2 Å². The fourth-order valence-electron chi connectivity index (χ4n) is 1.77. The first kappa shape index (κ1) is 14.2. The van der Waals surface area contributed by atoms with Crippen molar-refractivity contribution in [1.82, 2.24) is 5.32 Å². The highest BCUT2D eigenvalue weighted by Gasteiger charge is 2.14. The molecule has 1 nitrogen and oxygen atoms in total. The number of rotatable bonds is 4. The number of hydrogen-bond donors (Lipinski definition) is 1. The number of thiophene rings is 1. The molecule has 0 spiro atoms. The number of likely N-dealkylation sites (N-methyl/N-ethyl adjacent to an activating group) is 1. The van der Waals surface area contributed by atoms with Crippen molar-refractivity contribution in [2.75, 3.05) is 7.05 Å². The van der Waals surface area contributed by atoms with Crippen LogP contribution in [-0.2, 0) is 6.42 Å². The van der Waals surface area contributed by atoms with Crippen LogP contribution >= 0.6 is 43.2 Å². The Balaban J connectivity index is 2.23. The third-order valence-corrected chi connectivity index (χ3v) is 5.33. The van der Waals surface area contributed by atoms with Crippen LogP contribution in [0.2, 0.25) is 0 Å². The van der Waals surface area contributed by atoms with Gasteiger partial charge in [0.1, 0.15) is 5.82 Å². The first-order valence-corrected chi connectivity index (χ1v) is 7.92. The number of hydrogen-bond acceptors (Lipinski definition) is 2. The van der Waals surface area contributed by atoms with Gasteiger partial charge in [-0.05, 0) is 68.1 Å². The van der Waals surface area contributed by atoms with Gasteiger partial charge in [-0.2, -0.15) is 0 Å². The van der Waals surface area contributed by atoms with Crippen LogP contribution in [0.1, 0.15) is 16.5 Å². The van der Waals surface area contributed by atoms with E-state index < -0.39 is 0 Å². The van der Waals surface area contributed by atoms with Gasteiger partial charge in [0, 0.05) is 21.8 Å². The molecule has 0 radical (unpaired) electrons. The standard InChI is InChI=1S/C13H12Br2FNS/c1-17-12(7-13-9(14)4-5-18-13)8-2-3-11(16)10(15)6-8/h2-6,12,17H,7H2,1H3. The zero-order valence-electron chi connectivity index (χ0n) is 9.71. The molecule has 0 aliphatic carbocycles. The summed E-state index contributed by atoms with van der Waals surface area (Å²) < 4.78 is 14.9. The molecule has 5 heteroatoms. The van der Waals surface area contributed by atoms with Crippen molar-refractivity contribution in [1.29, 1.82) is 0 Å². The molecule has 1 unspecified atom stereocenters. The van der Waals surface area contributed by atoms with Gasteiger partial charge in [0.2, 0.25) is 0 Å². The lowest BCUT2D eigenvalue weighted by molar-refractivity contribution is 0.586. The summed E-state index contributed by atoms with van der Waals surface area (Å²) >= 11 is 8.49. The highest BCUT2D eigenvalue weighted by Crippen LogP contribution is 2.29. The molecule has 1 N–H and O–H groups in total. The third-order valence-electron chi connectivity index (χ3n) is 2.78. The highest BCUT2D eigenvalue weighted by atomic mass is 79.9. The Hall–Kier alpha value is -0.230. The van der Waals surface area contributed by atoms with Gasteiger partial charge >= 0.3 is 0 Å². The van der Waals surface area contributed by atoms with Crippen molar-refractivity contribution in [2.24, 2.45) is 0 Å². The van der Waals surface area contributed by atoms with E-state index in [4.69, 9.17) is 0 Å². The van der Waals surface area contributed by atoms with E-state index in [1.807, 2.05) is 25.2 Å². The molecule has 2 rings (SSSR count). The van der Waals surface area contributed by atoms with Crippen molar-refractivity contribution in [3.63, 3.8) is 0 Å². The molecule has 0 saturated carbocycles. The Morgan fingerprint density at radius 3 is 2.61 bits per heavy atom. The van der Waals surface area contributed by atoms with Gasteiger partial charge < -0.3 is 5.32 Å². The summed E-state index contributed by atoms with van der Waals surface area (Å²) in [6.45, 7) is 0. The quantitative estimate of drug-likeness (QED) is 0.778. The molecule has 1 atom stereocenters. The smallest absolute Gasteiger partial charge is 0.137 e. The molecule has 2 aromatic rings. The lowest BCUT2D eigenvalue weighted by Crippen LogP contribution is -2.18. The lowest BCUT2D eigenvalue weighted by Gasteiger charge is -2.16. The normalized spacial score (nSPS) is 12.7. The summed E-state index contributed by atoms with van der Waals surface area (Å²) in [6, 6.07) is 7.37. The van der Waals surface area contributed by atoms with Gasteiger partial charge in [0.25, 0.3) is 0 Å². The van der Waals surface area contributed by atoms with Crippen LogP contribution in [0.5, 0.6) is 0 Å². The van der Waals surface area contributed by atoms with Gasteiger partial charge in [-0.3, -0.25) is 0 Å². The third kappa shape index (κ3) is 3.20. The maximum absolute atomic E-state index is 13.2. The molecule has 0 aliphatic rings. The molecule has 1 heterocycles. The average molecular weight is 393 g/mol. The van der Waals surface area contributed by atoms with Crippen LogP contribution in [0.15, 0.2) is 38.6 Å². The predicted molar refractivity (Wildman–Crippen MR) is 81.6 cm³/mol. The summed E-state index contributed by atoms with van der Waals surface area (Å²) in [4.78, 5) is 1.29. The minimum Gasteiger partial charge on any atom is -0.313 e. The summed E-state index contributed by atoms with van der Waals surface area (Å²) in [7, 11) is 1.92. The molecule has 0 amide bonds. The van der Waals surface area contributed by atoms with E-state index in [9.17, 15) is 4.39 Å². The molecule has 96 valence electrons. The van der Waals surface area contributed by atoms with Crippen LogP contribution in [0.4, 0.5) is 4.39 Å². The van der Waals surface area contributed by atoms with E-state index in [1.165, 1.54) is 10.9 Å². The molecule has 0 fully saturated rings.